The molecule has 3 nitrogen and oxygen atoms in total. The quantitative estimate of drug-likeness (QED) is 0.905. The van der Waals surface area contributed by atoms with Gasteiger partial charge in [-0.15, -0.1) is 0 Å². The van der Waals surface area contributed by atoms with Crippen molar-refractivity contribution in [3.63, 3.8) is 0 Å². The van der Waals surface area contributed by atoms with E-state index in [1.807, 2.05) is 0 Å². The second kappa shape index (κ2) is 7.07. The summed E-state index contributed by atoms with van der Waals surface area (Å²) in [5.74, 6) is 0.521. The monoisotopic (exact) mass is 343 g/mol. The zero-order valence-corrected chi connectivity index (χ0v) is 13.1. The van der Waals surface area contributed by atoms with Gasteiger partial charge in [-0.05, 0) is 52.9 Å². The van der Waals surface area contributed by atoms with Crippen molar-refractivity contribution in [3.05, 3.63) is 28.5 Å². The standard InChI is InChI=1S/C15H19BrFNO2/c1-10-4-2-3-5-13(10)18-15(19)9-20-14-7-6-11(17)8-12(14)16/h6-8,10,13H,2-5,9H2,1H3,(H,18,19)/t10-,13+/m0/s1. The number of ether oxygens (including phenoxy) is 1. The van der Waals surface area contributed by atoms with Gasteiger partial charge in [0.05, 0.1) is 4.47 Å². The van der Waals surface area contributed by atoms with Gasteiger partial charge in [-0.1, -0.05) is 19.8 Å². The number of halogens is 2. The Morgan fingerprint density at radius 3 is 2.90 bits per heavy atom. The summed E-state index contributed by atoms with van der Waals surface area (Å²) in [6.45, 7) is 2.12. The molecule has 0 radical (unpaired) electrons. The van der Waals surface area contributed by atoms with Crippen LogP contribution in [-0.4, -0.2) is 18.6 Å². The van der Waals surface area contributed by atoms with Gasteiger partial charge in [0.1, 0.15) is 11.6 Å². The molecule has 110 valence electrons. The van der Waals surface area contributed by atoms with E-state index in [1.54, 1.807) is 0 Å². The van der Waals surface area contributed by atoms with Crippen molar-refractivity contribution in [2.24, 2.45) is 5.92 Å². The Kier molecular flexibility index (Phi) is 5.40. The molecule has 1 aromatic rings. The number of nitrogens with one attached hydrogen (secondary N) is 1. The fourth-order valence-electron chi connectivity index (χ4n) is 2.51. The minimum absolute atomic E-state index is 0.0482. The maximum atomic E-state index is 12.9. The Bertz CT molecular complexity index is 481. The normalized spacial score (nSPS) is 22.4. The van der Waals surface area contributed by atoms with Crippen molar-refractivity contribution in [1.82, 2.24) is 5.32 Å². The zero-order chi connectivity index (χ0) is 14.5. The molecule has 0 aromatic heterocycles. The largest absolute Gasteiger partial charge is 0.483 e. The van der Waals surface area contributed by atoms with Crippen LogP contribution in [0, 0.1) is 11.7 Å². The van der Waals surface area contributed by atoms with E-state index in [1.165, 1.54) is 31.0 Å². The van der Waals surface area contributed by atoms with E-state index in [0.29, 0.717) is 16.1 Å². The highest BCUT2D eigenvalue weighted by atomic mass is 79.9. The number of carbonyl (C=O) groups excluding carboxylic acids is 1. The third-order valence-corrected chi connectivity index (χ3v) is 4.33. The average molecular weight is 344 g/mol. The van der Waals surface area contributed by atoms with Crippen LogP contribution in [0.15, 0.2) is 22.7 Å². The highest BCUT2D eigenvalue weighted by Gasteiger charge is 2.22. The van der Waals surface area contributed by atoms with Gasteiger partial charge in [0.15, 0.2) is 6.61 Å². The van der Waals surface area contributed by atoms with Crippen molar-refractivity contribution in [3.8, 4) is 5.75 Å². The minimum atomic E-state index is -0.343. The predicted octanol–water partition coefficient (Wildman–Crippen LogP) is 3.66. The lowest BCUT2D eigenvalue weighted by atomic mass is 9.86. The first-order valence-electron chi connectivity index (χ1n) is 6.93. The molecular formula is C15H19BrFNO2. The number of carbonyl (C=O) groups is 1. The second-order valence-corrected chi connectivity index (χ2v) is 6.15. The first kappa shape index (κ1) is 15.3. The van der Waals surface area contributed by atoms with Crippen molar-refractivity contribution >= 4 is 21.8 Å². The highest BCUT2D eigenvalue weighted by Crippen LogP contribution is 2.26. The van der Waals surface area contributed by atoms with Crippen LogP contribution in [0.1, 0.15) is 32.6 Å². The Balaban J connectivity index is 1.82. The summed E-state index contributed by atoms with van der Waals surface area (Å²) < 4.78 is 18.8. The lowest BCUT2D eigenvalue weighted by Crippen LogP contribution is -2.43. The fraction of sp³-hybridized carbons (Fsp3) is 0.533. The molecule has 0 unspecified atom stereocenters. The zero-order valence-electron chi connectivity index (χ0n) is 11.5. The molecule has 0 saturated heterocycles. The Labute approximate surface area is 127 Å². The van der Waals surface area contributed by atoms with Gasteiger partial charge in [-0.25, -0.2) is 4.39 Å². The van der Waals surface area contributed by atoms with E-state index in [9.17, 15) is 9.18 Å². The highest BCUT2D eigenvalue weighted by molar-refractivity contribution is 9.10. The van der Waals surface area contributed by atoms with Crippen LogP contribution < -0.4 is 10.1 Å². The molecule has 5 heteroatoms. The third-order valence-electron chi connectivity index (χ3n) is 3.71. The van der Waals surface area contributed by atoms with Gasteiger partial charge < -0.3 is 10.1 Å². The van der Waals surface area contributed by atoms with Crippen LogP contribution in [-0.2, 0) is 4.79 Å². The number of hydrogen-bond donors (Lipinski definition) is 1. The van der Waals surface area contributed by atoms with Gasteiger partial charge >= 0.3 is 0 Å². The smallest absolute Gasteiger partial charge is 0.258 e. The van der Waals surface area contributed by atoms with Gasteiger partial charge in [-0.3, -0.25) is 4.79 Å². The molecule has 1 aliphatic rings. The molecule has 2 rings (SSSR count). The summed E-state index contributed by atoms with van der Waals surface area (Å²) in [5.41, 5.74) is 0. The van der Waals surface area contributed by atoms with Crippen LogP contribution in [0.5, 0.6) is 5.75 Å². The molecule has 1 saturated carbocycles. The van der Waals surface area contributed by atoms with Gasteiger partial charge in [-0.2, -0.15) is 0 Å². The van der Waals surface area contributed by atoms with Crippen LogP contribution in [0.25, 0.3) is 0 Å². The molecular weight excluding hydrogens is 325 g/mol. The third kappa shape index (κ3) is 4.20. The summed E-state index contributed by atoms with van der Waals surface area (Å²) in [6.07, 6.45) is 4.61. The van der Waals surface area contributed by atoms with Crippen LogP contribution >= 0.6 is 15.9 Å². The Morgan fingerprint density at radius 2 is 2.20 bits per heavy atom. The molecule has 0 spiro atoms. The topological polar surface area (TPSA) is 38.3 Å². The molecule has 1 aliphatic carbocycles. The summed E-state index contributed by atoms with van der Waals surface area (Å²) >= 11 is 3.21. The van der Waals surface area contributed by atoms with Gasteiger partial charge in [0, 0.05) is 6.04 Å². The summed E-state index contributed by atoms with van der Waals surface area (Å²) in [7, 11) is 0. The lowest BCUT2D eigenvalue weighted by molar-refractivity contribution is -0.124. The maximum absolute atomic E-state index is 12.9. The number of amides is 1. The number of hydrogen-bond acceptors (Lipinski definition) is 2. The summed E-state index contributed by atoms with van der Waals surface area (Å²) in [6, 6.07) is 4.38. The summed E-state index contributed by atoms with van der Waals surface area (Å²) in [4.78, 5) is 11.9. The van der Waals surface area contributed by atoms with E-state index in [4.69, 9.17) is 4.74 Å². The van der Waals surface area contributed by atoms with E-state index < -0.39 is 0 Å². The van der Waals surface area contributed by atoms with E-state index in [-0.39, 0.29) is 24.4 Å². The first-order valence-corrected chi connectivity index (χ1v) is 7.73. The first-order chi connectivity index (χ1) is 9.56. The van der Waals surface area contributed by atoms with Gasteiger partial charge in [0.25, 0.3) is 5.91 Å². The van der Waals surface area contributed by atoms with Crippen LogP contribution in [0.3, 0.4) is 0 Å². The molecule has 1 amide bonds. The molecule has 2 atom stereocenters. The lowest BCUT2D eigenvalue weighted by Gasteiger charge is -2.29. The van der Waals surface area contributed by atoms with Crippen LogP contribution in [0.2, 0.25) is 0 Å². The van der Waals surface area contributed by atoms with E-state index in [0.717, 1.165) is 12.8 Å². The second-order valence-electron chi connectivity index (χ2n) is 5.30. The predicted molar refractivity (Wildman–Crippen MR) is 79.2 cm³/mol. The molecule has 0 heterocycles. The number of benzene rings is 1. The minimum Gasteiger partial charge on any atom is -0.483 e. The number of rotatable bonds is 4. The van der Waals surface area contributed by atoms with Crippen LogP contribution in [0.4, 0.5) is 4.39 Å². The van der Waals surface area contributed by atoms with Crippen molar-refractivity contribution in [2.75, 3.05) is 6.61 Å². The fourth-order valence-corrected chi connectivity index (χ4v) is 2.98. The molecule has 20 heavy (non-hydrogen) atoms. The Morgan fingerprint density at radius 1 is 1.45 bits per heavy atom. The van der Waals surface area contributed by atoms with Gasteiger partial charge in [0.2, 0.25) is 0 Å². The molecule has 1 fully saturated rings. The Hall–Kier alpha value is -1.10. The molecule has 1 N–H and O–H groups in total. The molecule has 0 aliphatic heterocycles. The summed E-state index contributed by atoms with van der Waals surface area (Å²) in [5, 5.41) is 3.02. The SMILES string of the molecule is C[C@H]1CCCC[C@H]1NC(=O)COc1ccc(F)cc1Br. The molecule has 0 bridgehead atoms. The van der Waals surface area contributed by atoms with Crippen molar-refractivity contribution < 1.29 is 13.9 Å². The van der Waals surface area contributed by atoms with Crippen molar-refractivity contribution in [2.45, 2.75) is 38.6 Å². The van der Waals surface area contributed by atoms with Crippen molar-refractivity contribution in [1.29, 1.82) is 0 Å². The van der Waals surface area contributed by atoms with E-state index in [2.05, 4.69) is 28.2 Å². The molecule has 1 aromatic carbocycles. The maximum Gasteiger partial charge on any atom is 0.258 e. The average Bonchev–Trinajstić information content (AvgIpc) is 2.40. The van der Waals surface area contributed by atoms with E-state index >= 15 is 0 Å².